The van der Waals surface area contributed by atoms with Crippen molar-refractivity contribution in [3.63, 3.8) is 0 Å². The molecular formula is C20H40F2. The summed E-state index contributed by atoms with van der Waals surface area (Å²) in [4.78, 5) is 0. The van der Waals surface area contributed by atoms with Crippen molar-refractivity contribution in [3.8, 4) is 0 Å². The first-order chi connectivity index (χ1) is 10.9. The standard InChI is InChI=1S/C20H40F2/c21-19-17-15-13-11-9-7-5-3-1-2-4-6-8-10-12-14-16-18-20-22/h1-20H2. The lowest BCUT2D eigenvalue weighted by atomic mass is 10.0. The van der Waals surface area contributed by atoms with Crippen molar-refractivity contribution in [2.75, 3.05) is 13.3 Å². The van der Waals surface area contributed by atoms with Crippen LogP contribution in [0.3, 0.4) is 0 Å². The van der Waals surface area contributed by atoms with Crippen LogP contribution >= 0.6 is 0 Å². The molecule has 0 rings (SSSR count). The molecule has 0 aromatic carbocycles. The topological polar surface area (TPSA) is 0 Å². The molecule has 0 aliphatic carbocycles. The molecule has 2 heteroatoms. The summed E-state index contributed by atoms with van der Waals surface area (Å²) >= 11 is 0. The lowest BCUT2D eigenvalue weighted by Crippen LogP contribution is -1.84. The minimum Gasteiger partial charge on any atom is -0.251 e. The van der Waals surface area contributed by atoms with Gasteiger partial charge in [0, 0.05) is 0 Å². The maximum atomic E-state index is 11.9. The zero-order valence-electron chi connectivity index (χ0n) is 14.9. The first kappa shape index (κ1) is 21.9. The Hall–Kier alpha value is -0.140. The van der Waals surface area contributed by atoms with E-state index in [0.717, 1.165) is 25.7 Å². The van der Waals surface area contributed by atoms with Crippen molar-refractivity contribution >= 4 is 0 Å². The Balaban J connectivity index is 2.91. The van der Waals surface area contributed by atoms with Gasteiger partial charge in [-0.15, -0.1) is 0 Å². The van der Waals surface area contributed by atoms with E-state index in [1.54, 1.807) is 0 Å². The molecule has 0 fully saturated rings. The molecule has 0 N–H and O–H groups in total. The molecule has 0 spiro atoms. The van der Waals surface area contributed by atoms with Crippen molar-refractivity contribution in [1.29, 1.82) is 0 Å². The van der Waals surface area contributed by atoms with E-state index in [4.69, 9.17) is 0 Å². The minimum absolute atomic E-state index is 0.140. The average Bonchev–Trinajstić information content (AvgIpc) is 2.54. The van der Waals surface area contributed by atoms with Crippen LogP contribution in [0, 0.1) is 0 Å². The number of alkyl halides is 2. The van der Waals surface area contributed by atoms with E-state index in [2.05, 4.69) is 0 Å². The van der Waals surface area contributed by atoms with Crippen molar-refractivity contribution in [1.82, 2.24) is 0 Å². The zero-order chi connectivity index (χ0) is 16.1. The third-order valence-corrected chi connectivity index (χ3v) is 4.52. The summed E-state index contributed by atoms with van der Waals surface area (Å²) in [6, 6.07) is 0. The molecular weight excluding hydrogens is 278 g/mol. The van der Waals surface area contributed by atoms with Gasteiger partial charge in [-0.05, 0) is 12.8 Å². The van der Waals surface area contributed by atoms with Gasteiger partial charge >= 0.3 is 0 Å². The third-order valence-electron chi connectivity index (χ3n) is 4.52. The van der Waals surface area contributed by atoms with Crippen LogP contribution < -0.4 is 0 Å². The second-order valence-electron chi connectivity index (χ2n) is 6.74. The summed E-state index contributed by atoms with van der Waals surface area (Å²) in [6.07, 6.45) is 22.5. The fourth-order valence-electron chi connectivity index (χ4n) is 3.02. The van der Waals surface area contributed by atoms with Crippen molar-refractivity contribution in [3.05, 3.63) is 0 Å². The summed E-state index contributed by atoms with van der Waals surface area (Å²) in [5.74, 6) is 0. The van der Waals surface area contributed by atoms with Gasteiger partial charge in [0.15, 0.2) is 0 Å². The molecule has 0 unspecified atom stereocenters. The van der Waals surface area contributed by atoms with E-state index in [0.29, 0.717) is 0 Å². The van der Waals surface area contributed by atoms with Crippen LogP contribution in [0.4, 0.5) is 8.78 Å². The lowest BCUT2D eigenvalue weighted by Gasteiger charge is -2.03. The fourth-order valence-corrected chi connectivity index (χ4v) is 3.02. The molecule has 0 aliphatic rings. The van der Waals surface area contributed by atoms with Gasteiger partial charge in [-0.1, -0.05) is 103 Å². The normalized spacial score (nSPS) is 11.2. The highest BCUT2D eigenvalue weighted by molar-refractivity contribution is 4.50. The number of hydrogen-bond donors (Lipinski definition) is 0. The van der Waals surface area contributed by atoms with Gasteiger partial charge in [0.05, 0.1) is 13.3 Å². The molecule has 0 radical (unpaired) electrons. The number of halogens is 2. The number of hydrogen-bond acceptors (Lipinski definition) is 0. The molecule has 134 valence electrons. The maximum Gasteiger partial charge on any atom is 0.0894 e. The summed E-state index contributed by atoms with van der Waals surface area (Å²) in [5.41, 5.74) is 0. The molecule has 0 nitrogen and oxygen atoms in total. The quantitative estimate of drug-likeness (QED) is 0.212. The molecule has 0 amide bonds. The van der Waals surface area contributed by atoms with Crippen LogP contribution in [0.15, 0.2) is 0 Å². The van der Waals surface area contributed by atoms with Crippen molar-refractivity contribution in [2.24, 2.45) is 0 Å². The Morgan fingerprint density at radius 3 is 0.500 bits per heavy atom. The molecule has 0 atom stereocenters. The van der Waals surface area contributed by atoms with E-state index in [1.807, 2.05) is 0 Å². The molecule has 22 heavy (non-hydrogen) atoms. The third kappa shape index (κ3) is 19.9. The van der Waals surface area contributed by atoms with Gasteiger partial charge < -0.3 is 0 Å². The second-order valence-corrected chi connectivity index (χ2v) is 6.74. The Bertz CT molecular complexity index is 163. The molecule has 0 aromatic heterocycles. The Kier molecular flexibility index (Phi) is 20.7. The summed E-state index contributed by atoms with van der Waals surface area (Å²) < 4.78 is 23.8. The Morgan fingerprint density at radius 2 is 0.364 bits per heavy atom. The van der Waals surface area contributed by atoms with E-state index in [9.17, 15) is 8.78 Å². The van der Waals surface area contributed by atoms with Gasteiger partial charge in [0.1, 0.15) is 0 Å². The SMILES string of the molecule is FCCCCCCCCCCCCCCCCCCCCF. The van der Waals surface area contributed by atoms with Crippen LogP contribution in [-0.2, 0) is 0 Å². The van der Waals surface area contributed by atoms with Crippen LogP contribution in [0.1, 0.15) is 116 Å². The van der Waals surface area contributed by atoms with Gasteiger partial charge in [0.25, 0.3) is 0 Å². The second kappa shape index (κ2) is 20.9. The van der Waals surface area contributed by atoms with Crippen LogP contribution in [0.5, 0.6) is 0 Å². The first-order valence-electron chi connectivity index (χ1n) is 10.0. The van der Waals surface area contributed by atoms with Crippen LogP contribution in [0.2, 0.25) is 0 Å². The van der Waals surface area contributed by atoms with Gasteiger partial charge in [0.2, 0.25) is 0 Å². The highest BCUT2D eigenvalue weighted by atomic mass is 19.1. The van der Waals surface area contributed by atoms with E-state index < -0.39 is 0 Å². The van der Waals surface area contributed by atoms with Gasteiger partial charge in [-0.2, -0.15) is 0 Å². The van der Waals surface area contributed by atoms with E-state index in [1.165, 1.54) is 89.9 Å². The first-order valence-corrected chi connectivity index (χ1v) is 10.0. The highest BCUT2D eigenvalue weighted by Crippen LogP contribution is 2.14. The lowest BCUT2D eigenvalue weighted by molar-refractivity contribution is 0.447. The van der Waals surface area contributed by atoms with Crippen LogP contribution in [-0.4, -0.2) is 13.3 Å². The summed E-state index contributed by atoms with van der Waals surface area (Å²) in [5, 5.41) is 0. The monoisotopic (exact) mass is 318 g/mol. The number of rotatable bonds is 19. The molecule has 0 heterocycles. The summed E-state index contributed by atoms with van der Waals surface area (Å²) in [6.45, 7) is -0.279. The highest BCUT2D eigenvalue weighted by Gasteiger charge is 1.95. The van der Waals surface area contributed by atoms with E-state index >= 15 is 0 Å². The van der Waals surface area contributed by atoms with Crippen LogP contribution in [0.25, 0.3) is 0 Å². The largest absolute Gasteiger partial charge is 0.251 e. The predicted octanol–water partition coefficient (Wildman–Crippen LogP) is 7.95. The zero-order valence-corrected chi connectivity index (χ0v) is 14.9. The molecule has 0 saturated carbocycles. The molecule has 0 bridgehead atoms. The van der Waals surface area contributed by atoms with E-state index in [-0.39, 0.29) is 13.3 Å². The van der Waals surface area contributed by atoms with Crippen molar-refractivity contribution < 1.29 is 8.78 Å². The molecule has 0 saturated heterocycles. The van der Waals surface area contributed by atoms with Gasteiger partial charge in [-0.25, -0.2) is 0 Å². The fraction of sp³-hybridized carbons (Fsp3) is 1.00. The molecule has 0 aliphatic heterocycles. The molecule has 0 aromatic rings. The summed E-state index contributed by atoms with van der Waals surface area (Å²) in [7, 11) is 0. The van der Waals surface area contributed by atoms with Crippen molar-refractivity contribution in [2.45, 2.75) is 116 Å². The maximum absolute atomic E-state index is 11.9. The van der Waals surface area contributed by atoms with Gasteiger partial charge in [-0.3, -0.25) is 8.78 Å². The Morgan fingerprint density at radius 1 is 0.227 bits per heavy atom. The average molecular weight is 319 g/mol. The minimum atomic E-state index is -0.140. The predicted molar refractivity (Wildman–Crippen MR) is 95.1 cm³/mol. The number of unbranched alkanes of at least 4 members (excludes halogenated alkanes) is 17. The smallest absolute Gasteiger partial charge is 0.0894 e. The Labute approximate surface area is 138 Å².